The molecule has 0 bridgehead atoms. The first-order valence-corrected chi connectivity index (χ1v) is 6.59. The monoisotopic (exact) mass is 264 g/mol. The first-order valence-electron chi connectivity index (χ1n) is 6.59. The lowest BCUT2D eigenvalue weighted by molar-refractivity contribution is 0.0471. The number of rotatable bonds is 7. The molecule has 0 aromatic heterocycles. The summed E-state index contributed by atoms with van der Waals surface area (Å²) >= 11 is 0. The Morgan fingerprint density at radius 1 is 1.16 bits per heavy atom. The second-order valence-corrected chi connectivity index (χ2v) is 4.46. The molecule has 0 saturated heterocycles. The van der Waals surface area contributed by atoms with E-state index in [4.69, 9.17) is 9.84 Å². The minimum Gasteiger partial charge on any atom is -0.478 e. The topological polar surface area (TPSA) is 63.6 Å². The van der Waals surface area contributed by atoms with Crippen LogP contribution in [0.2, 0.25) is 0 Å². The molecule has 0 aliphatic heterocycles. The van der Waals surface area contributed by atoms with Crippen molar-refractivity contribution >= 4 is 11.9 Å². The second kappa shape index (κ2) is 7.56. The molecule has 0 saturated carbocycles. The van der Waals surface area contributed by atoms with Gasteiger partial charge in [-0.25, -0.2) is 9.59 Å². The Bertz CT molecular complexity index is 436. The molecule has 0 fully saturated rings. The van der Waals surface area contributed by atoms with Crippen LogP contribution in [0.25, 0.3) is 0 Å². The van der Waals surface area contributed by atoms with E-state index in [9.17, 15) is 9.59 Å². The van der Waals surface area contributed by atoms with Crippen molar-refractivity contribution in [1.29, 1.82) is 0 Å². The van der Waals surface area contributed by atoms with Gasteiger partial charge in [0.2, 0.25) is 0 Å². The maximum Gasteiger partial charge on any atom is 0.339 e. The average molecular weight is 264 g/mol. The van der Waals surface area contributed by atoms with Crippen LogP contribution in [0.5, 0.6) is 0 Å². The van der Waals surface area contributed by atoms with E-state index >= 15 is 0 Å². The number of carboxylic acids is 1. The third-order valence-corrected chi connectivity index (χ3v) is 3.29. The third-order valence-electron chi connectivity index (χ3n) is 3.29. The highest BCUT2D eigenvalue weighted by atomic mass is 16.5. The highest BCUT2D eigenvalue weighted by Crippen LogP contribution is 2.14. The van der Waals surface area contributed by atoms with E-state index in [0.717, 1.165) is 19.3 Å². The summed E-state index contributed by atoms with van der Waals surface area (Å²) in [7, 11) is 0. The zero-order valence-electron chi connectivity index (χ0n) is 11.4. The SMILES string of the molecule is CCC(CC)CCOC(=O)c1ccccc1C(=O)O. The number of benzene rings is 1. The molecule has 0 atom stereocenters. The van der Waals surface area contributed by atoms with E-state index in [1.807, 2.05) is 0 Å². The predicted octanol–water partition coefficient (Wildman–Crippen LogP) is 3.37. The average Bonchev–Trinajstić information content (AvgIpc) is 2.43. The number of carbonyl (C=O) groups excluding carboxylic acids is 1. The molecule has 1 aromatic rings. The third kappa shape index (κ3) is 4.39. The summed E-state index contributed by atoms with van der Waals surface area (Å²) in [5.41, 5.74) is 0.0922. The van der Waals surface area contributed by atoms with Gasteiger partial charge in [0.25, 0.3) is 0 Å². The van der Waals surface area contributed by atoms with Crippen molar-refractivity contribution in [3.05, 3.63) is 35.4 Å². The quantitative estimate of drug-likeness (QED) is 0.767. The number of ether oxygens (including phenoxy) is 1. The lowest BCUT2D eigenvalue weighted by Gasteiger charge is -2.12. The van der Waals surface area contributed by atoms with E-state index in [2.05, 4.69) is 13.8 Å². The Kier molecular flexibility index (Phi) is 6.06. The molecule has 1 aromatic carbocycles. The Morgan fingerprint density at radius 2 is 1.74 bits per heavy atom. The molecule has 104 valence electrons. The molecular weight excluding hydrogens is 244 g/mol. The van der Waals surface area contributed by atoms with Crippen LogP contribution >= 0.6 is 0 Å². The minimum absolute atomic E-state index is 0.0185. The van der Waals surface area contributed by atoms with Gasteiger partial charge in [-0.1, -0.05) is 38.8 Å². The largest absolute Gasteiger partial charge is 0.478 e. The van der Waals surface area contributed by atoms with Gasteiger partial charge in [-0.15, -0.1) is 0 Å². The Morgan fingerprint density at radius 3 is 2.26 bits per heavy atom. The number of aromatic carboxylic acids is 1. The molecule has 4 nitrogen and oxygen atoms in total. The zero-order chi connectivity index (χ0) is 14.3. The first-order chi connectivity index (χ1) is 9.10. The molecule has 4 heteroatoms. The Labute approximate surface area is 113 Å². The predicted molar refractivity (Wildman–Crippen MR) is 72.4 cm³/mol. The van der Waals surface area contributed by atoms with Crippen LogP contribution < -0.4 is 0 Å². The van der Waals surface area contributed by atoms with Crippen molar-refractivity contribution in [2.45, 2.75) is 33.1 Å². The van der Waals surface area contributed by atoms with E-state index in [0.29, 0.717) is 12.5 Å². The lowest BCUT2D eigenvalue weighted by atomic mass is 10.0. The van der Waals surface area contributed by atoms with Crippen molar-refractivity contribution in [2.75, 3.05) is 6.61 Å². The van der Waals surface area contributed by atoms with Gasteiger partial charge in [0.05, 0.1) is 17.7 Å². The molecule has 0 unspecified atom stereocenters. The van der Waals surface area contributed by atoms with E-state index in [-0.39, 0.29) is 11.1 Å². The normalized spacial score (nSPS) is 10.5. The van der Waals surface area contributed by atoms with Gasteiger partial charge in [0.1, 0.15) is 0 Å². The number of esters is 1. The zero-order valence-corrected chi connectivity index (χ0v) is 11.4. The van der Waals surface area contributed by atoms with Gasteiger partial charge < -0.3 is 9.84 Å². The van der Waals surface area contributed by atoms with Crippen molar-refractivity contribution in [1.82, 2.24) is 0 Å². The van der Waals surface area contributed by atoms with E-state index < -0.39 is 11.9 Å². The minimum atomic E-state index is -1.12. The molecule has 0 aliphatic rings. The van der Waals surface area contributed by atoms with Gasteiger partial charge in [-0.2, -0.15) is 0 Å². The van der Waals surface area contributed by atoms with Crippen LogP contribution in [0.4, 0.5) is 0 Å². The van der Waals surface area contributed by atoms with Crippen LogP contribution in [0.3, 0.4) is 0 Å². The maximum atomic E-state index is 11.8. The van der Waals surface area contributed by atoms with Crippen LogP contribution in [-0.2, 0) is 4.74 Å². The van der Waals surface area contributed by atoms with Crippen LogP contribution in [0, 0.1) is 5.92 Å². The molecule has 0 heterocycles. The van der Waals surface area contributed by atoms with Gasteiger partial charge in [-0.3, -0.25) is 0 Å². The summed E-state index contributed by atoms with van der Waals surface area (Å²) in [6, 6.07) is 6.09. The fraction of sp³-hybridized carbons (Fsp3) is 0.467. The van der Waals surface area contributed by atoms with E-state index in [1.165, 1.54) is 12.1 Å². The van der Waals surface area contributed by atoms with E-state index in [1.54, 1.807) is 12.1 Å². The molecule has 0 spiro atoms. The van der Waals surface area contributed by atoms with Gasteiger partial charge in [0, 0.05) is 0 Å². The van der Waals surface area contributed by atoms with Crippen LogP contribution in [-0.4, -0.2) is 23.7 Å². The molecule has 0 aliphatic carbocycles. The summed E-state index contributed by atoms with van der Waals surface area (Å²) in [4.78, 5) is 22.8. The number of carbonyl (C=O) groups is 2. The lowest BCUT2D eigenvalue weighted by Crippen LogP contribution is -2.13. The number of carboxylic acid groups (broad SMARTS) is 1. The van der Waals surface area contributed by atoms with Gasteiger partial charge in [-0.05, 0) is 24.5 Å². The van der Waals surface area contributed by atoms with Crippen molar-refractivity contribution < 1.29 is 19.4 Å². The fourth-order valence-electron chi connectivity index (χ4n) is 1.94. The number of hydrogen-bond donors (Lipinski definition) is 1. The molecule has 1 N–H and O–H groups in total. The van der Waals surface area contributed by atoms with Crippen LogP contribution in [0.15, 0.2) is 24.3 Å². The summed E-state index contributed by atoms with van der Waals surface area (Å²) in [5, 5.41) is 9.00. The first kappa shape index (κ1) is 15.2. The van der Waals surface area contributed by atoms with Gasteiger partial charge >= 0.3 is 11.9 Å². The molecule has 19 heavy (non-hydrogen) atoms. The standard InChI is InChI=1S/C15H20O4/c1-3-11(4-2)9-10-19-15(18)13-8-6-5-7-12(13)14(16)17/h5-8,11H,3-4,9-10H2,1-2H3,(H,16,17). The van der Waals surface area contributed by atoms with Gasteiger partial charge in [0.15, 0.2) is 0 Å². The molecule has 0 amide bonds. The van der Waals surface area contributed by atoms with Crippen LogP contribution in [0.1, 0.15) is 53.8 Å². The summed E-state index contributed by atoms with van der Waals surface area (Å²) < 4.78 is 5.15. The summed E-state index contributed by atoms with van der Waals surface area (Å²) in [5.74, 6) is -1.14. The Balaban J connectivity index is 2.61. The smallest absolute Gasteiger partial charge is 0.339 e. The van der Waals surface area contributed by atoms with Crippen molar-refractivity contribution in [2.24, 2.45) is 5.92 Å². The Hall–Kier alpha value is -1.84. The summed E-state index contributed by atoms with van der Waals surface area (Å²) in [6.07, 6.45) is 2.92. The number of hydrogen-bond acceptors (Lipinski definition) is 3. The second-order valence-electron chi connectivity index (χ2n) is 4.46. The fourth-order valence-corrected chi connectivity index (χ4v) is 1.94. The summed E-state index contributed by atoms with van der Waals surface area (Å²) in [6.45, 7) is 4.55. The molecule has 1 rings (SSSR count). The molecule has 0 radical (unpaired) electrons. The van der Waals surface area contributed by atoms with Crippen molar-refractivity contribution in [3.63, 3.8) is 0 Å². The maximum absolute atomic E-state index is 11.8. The highest BCUT2D eigenvalue weighted by molar-refractivity contribution is 6.02. The highest BCUT2D eigenvalue weighted by Gasteiger charge is 2.17. The van der Waals surface area contributed by atoms with Crippen molar-refractivity contribution in [3.8, 4) is 0 Å². The molecular formula is C15H20O4.